The van der Waals surface area contributed by atoms with Crippen LogP contribution in [0, 0.1) is 34.0 Å². The Hall–Kier alpha value is -0.770. The van der Waals surface area contributed by atoms with Crippen LogP contribution in [-0.2, 0) is 0 Å². The molecule has 0 rings (SSSR count). The Morgan fingerprint density at radius 1 is 1.17 bits per heavy atom. The van der Waals surface area contributed by atoms with Crippen LogP contribution in [0.4, 0.5) is 0 Å². The average molecular weight is 249 g/mol. The van der Waals surface area contributed by atoms with E-state index in [4.69, 9.17) is 5.26 Å². The Bertz CT molecular complexity index is 302. The maximum absolute atomic E-state index is 8.98. The van der Waals surface area contributed by atoms with Crippen LogP contribution in [0.25, 0.3) is 0 Å². The molecule has 18 heavy (non-hydrogen) atoms. The summed E-state index contributed by atoms with van der Waals surface area (Å²) in [5.74, 6) is 1.17. The second kappa shape index (κ2) is 6.98. The van der Waals surface area contributed by atoms with Crippen molar-refractivity contribution in [2.45, 2.75) is 67.7 Å². The van der Waals surface area contributed by atoms with Crippen LogP contribution in [0.3, 0.4) is 0 Å². The molecule has 1 heteroatoms. The van der Waals surface area contributed by atoms with Gasteiger partial charge in [-0.05, 0) is 29.1 Å². The molecule has 0 aliphatic heterocycles. The van der Waals surface area contributed by atoms with Crippen LogP contribution in [0.15, 0.2) is 12.2 Å². The molecule has 0 saturated heterocycles. The van der Waals surface area contributed by atoms with E-state index in [1.165, 1.54) is 0 Å². The van der Waals surface area contributed by atoms with Gasteiger partial charge in [0.15, 0.2) is 0 Å². The Balaban J connectivity index is 4.93. The molecule has 0 fully saturated rings. The molecular weight excluding hydrogens is 218 g/mol. The van der Waals surface area contributed by atoms with Crippen LogP contribution < -0.4 is 0 Å². The summed E-state index contributed by atoms with van der Waals surface area (Å²) in [7, 11) is 0. The second-order valence-corrected chi connectivity index (χ2v) is 6.94. The minimum absolute atomic E-state index is 0.124. The van der Waals surface area contributed by atoms with E-state index in [0.717, 1.165) is 12.8 Å². The highest BCUT2D eigenvalue weighted by Gasteiger charge is 2.40. The minimum Gasteiger partial charge on any atom is -0.198 e. The molecule has 0 heterocycles. The summed E-state index contributed by atoms with van der Waals surface area (Å²) in [6.07, 6.45) is 7.53. The maximum atomic E-state index is 8.98. The third kappa shape index (κ3) is 4.48. The van der Waals surface area contributed by atoms with Gasteiger partial charge in [0.25, 0.3) is 0 Å². The SMILES string of the molecule is CCC(CC#N)C(C)(C)C(C)(C)/C=C/CC(C)C. The molecular formula is C17H31N. The molecule has 1 atom stereocenters. The van der Waals surface area contributed by atoms with Crippen LogP contribution in [0.5, 0.6) is 0 Å². The van der Waals surface area contributed by atoms with Crippen LogP contribution in [0.1, 0.15) is 67.7 Å². The quantitative estimate of drug-likeness (QED) is 0.540. The molecule has 0 aliphatic carbocycles. The smallest absolute Gasteiger partial charge is 0.0624 e. The van der Waals surface area contributed by atoms with Crippen molar-refractivity contribution < 1.29 is 0 Å². The van der Waals surface area contributed by atoms with Crippen LogP contribution in [0.2, 0.25) is 0 Å². The summed E-state index contributed by atoms with van der Waals surface area (Å²) in [6.45, 7) is 15.9. The van der Waals surface area contributed by atoms with Gasteiger partial charge in [0.1, 0.15) is 0 Å². The van der Waals surface area contributed by atoms with Gasteiger partial charge >= 0.3 is 0 Å². The fourth-order valence-electron chi connectivity index (χ4n) is 2.40. The second-order valence-electron chi connectivity index (χ2n) is 6.94. The van der Waals surface area contributed by atoms with Crippen molar-refractivity contribution in [1.82, 2.24) is 0 Å². The summed E-state index contributed by atoms with van der Waals surface area (Å²) in [5.41, 5.74) is 0.268. The zero-order chi connectivity index (χ0) is 14.4. The topological polar surface area (TPSA) is 23.8 Å². The predicted molar refractivity (Wildman–Crippen MR) is 80.2 cm³/mol. The molecule has 104 valence electrons. The predicted octanol–water partition coefficient (Wildman–Crippen LogP) is 5.58. The third-order valence-corrected chi connectivity index (χ3v) is 4.65. The molecule has 0 spiro atoms. The van der Waals surface area contributed by atoms with E-state index < -0.39 is 0 Å². The zero-order valence-electron chi connectivity index (χ0n) is 13.4. The van der Waals surface area contributed by atoms with Crippen molar-refractivity contribution in [3.05, 3.63) is 12.2 Å². The van der Waals surface area contributed by atoms with Gasteiger partial charge in [0.2, 0.25) is 0 Å². The third-order valence-electron chi connectivity index (χ3n) is 4.65. The molecule has 0 aliphatic rings. The molecule has 0 aromatic rings. The molecule has 0 N–H and O–H groups in total. The molecule has 0 radical (unpaired) electrons. The number of nitrogens with zero attached hydrogens (tertiary/aromatic N) is 1. The van der Waals surface area contributed by atoms with Gasteiger partial charge in [-0.2, -0.15) is 5.26 Å². The standard InChI is InChI=1S/C17H31N/c1-8-15(11-13-18)17(6,7)16(4,5)12-9-10-14(2)3/h9,12,14-15H,8,10-11H2,1-7H3/b12-9+. The van der Waals surface area contributed by atoms with Crippen molar-refractivity contribution in [3.63, 3.8) is 0 Å². The van der Waals surface area contributed by atoms with Gasteiger partial charge in [0.05, 0.1) is 6.07 Å². The molecule has 1 unspecified atom stereocenters. The Kier molecular flexibility index (Phi) is 6.68. The van der Waals surface area contributed by atoms with Crippen molar-refractivity contribution in [2.24, 2.45) is 22.7 Å². The number of hydrogen-bond acceptors (Lipinski definition) is 1. The average Bonchev–Trinajstić information content (AvgIpc) is 2.24. The van der Waals surface area contributed by atoms with Crippen molar-refractivity contribution >= 4 is 0 Å². The van der Waals surface area contributed by atoms with Crippen molar-refractivity contribution in [1.29, 1.82) is 5.26 Å². The van der Waals surface area contributed by atoms with Gasteiger partial charge in [-0.3, -0.25) is 0 Å². The first kappa shape index (κ1) is 17.2. The number of allylic oxidation sites excluding steroid dienone is 2. The summed E-state index contributed by atoms with van der Waals surface area (Å²) < 4.78 is 0. The van der Waals surface area contributed by atoms with Gasteiger partial charge in [-0.1, -0.05) is 67.0 Å². The number of hydrogen-bond donors (Lipinski definition) is 0. The van der Waals surface area contributed by atoms with Crippen LogP contribution in [-0.4, -0.2) is 0 Å². The zero-order valence-corrected chi connectivity index (χ0v) is 13.4. The Morgan fingerprint density at radius 3 is 2.11 bits per heavy atom. The van der Waals surface area contributed by atoms with Gasteiger partial charge in [-0.15, -0.1) is 0 Å². The molecule has 0 amide bonds. The monoisotopic (exact) mass is 249 g/mol. The summed E-state index contributed by atoms with van der Waals surface area (Å²) >= 11 is 0. The lowest BCUT2D eigenvalue weighted by Crippen LogP contribution is -2.37. The molecule has 1 nitrogen and oxygen atoms in total. The lowest BCUT2D eigenvalue weighted by molar-refractivity contribution is 0.0777. The van der Waals surface area contributed by atoms with E-state index in [1.807, 2.05) is 0 Å². The fraction of sp³-hybridized carbons (Fsp3) is 0.824. The highest BCUT2D eigenvalue weighted by atomic mass is 14.4. The first-order valence-corrected chi connectivity index (χ1v) is 7.23. The van der Waals surface area contributed by atoms with E-state index in [1.54, 1.807) is 0 Å². The summed E-state index contributed by atoms with van der Waals surface area (Å²) in [6, 6.07) is 2.35. The largest absolute Gasteiger partial charge is 0.198 e. The van der Waals surface area contributed by atoms with E-state index in [2.05, 4.69) is 66.7 Å². The molecule has 0 saturated carbocycles. The van der Waals surface area contributed by atoms with Crippen molar-refractivity contribution in [2.75, 3.05) is 0 Å². The lowest BCUT2D eigenvalue weighted by atomic mass is 9.59. The highest BCUT2D eigenvalue weighted by molar-refractivity contribution is 5.05. The van der Waals surface area contributed by atoms with Gasteiger partial charge < -0.3 is 0 Å². The van der Waals surface area contributed by atoms with Gasteiger partial charge in [0, 0.05) is 6.42 Å². The first-order chi connectivity index (χ1) is 8.19. The summed E-state index contributed by atoms with van der Waals surface area (Å²) in [5, 5.41) is 8.98. The Morgan fingerprint density at radius 2 is 1.72 bits per heavy atom. The number of nitriles is 1. The molecule has 0 aromatic carbocycles. The minimum atomic E-state index is 0.124. The van der Waals surface area contributed by atoms with E-state index in [0.29, 0.717) is 18.3 Å². The highest BCUT2D eigenvalue weighted by Crippen LogP contribution is 2.48. The van der Waals surface area contributed by atoms with Crippen molar-refractivity contribution in [3.8, 4) is 6.07 Å². The van der Waals surface area contributed by atoms with E-state index in [9.17, 15) is 0 Å². The maximum Gasteiger partial charge on any atom is 0.0624 e. The first-order valence-electron chi connectivity index (χ1n) is 7.23. The molecule has 0 aromatic heterocycles. The summed E-state index contributed by atoms with van der Waals surface area (Å²) in [4.78, 5) is 0. The van der Waals surface area contributed by atoms with E-state index in [-0.39, 0.29) is 10.8 Å². The fourth-order valence-corrected chi connectivity index (χ4v) is 2.40. The van der Waals surface area contributed by atoms with Gasteiger partial charge in [-0.25, -0.2) is 0 Å². The van der Waals surface area contributed by atoms with E-state index >= 15 is 0 Å². The Labute approximate surface area is 114 Å². The number of rotatable bonds is 7. The van der Waals surface area contributed by atoms with Crippen LogP contribution >= 0.6 is 0 Å². The molecule has 0 bridgehead atoms. The normalized spacial score (nSPS) is 15.1. The lowest BCUT2D eigenvalue weighted by Gasteiger charge is -2.45.